The van der Waals surface area contributed by atoms with Crippen molar-refractivity contribution in [2.24, 2.45) is 0 Å². The molecule has 0 aliphatic carbocycles. The SMILES string of the molecule is C.COc1ccc(CC(=O)c2ccc(C(=N)N3CC3)cc2)c(C(=O)Nc2ccc(Cl)cn2)c1. The molecule has 1 amide bonds. The molecule has 4 rings (SSSR count). The van der Waals surface area contributed by atoms with Crippen LogP contribution in [0.15, 0.2) is 60.8 Å². The van der Waals surface area contributed by atoms with Gasteiger partial charge in [0.05, 0.1) is 12.1 Å². The van der Waals surface area contributed by atoms with Gasteiger partial charge in [-0.25, -0.2) is 4.98 Å². The van der Waals surface area contributed by atoms with Crippen molar-refractivity contribution in [2.45, 2.75) is 13.8 Å². The van der Waals surface area contributed by atoms with Crippen molar-refractivity contribution in [2.75, 3.05) is 25.5 Å². The number of anilines is 1. The van der Waals surface area contributed by atoms with Crippen molar-refractivity contribution in [1.29, 1.82) is 5.41 Å². The minimum Gasteiger partial charge on any atom is -0.497 e. The summed E-state index contributed by atoms with van der Waals surface area (Å²) >= 11 is 5.85. The lowest BCUT2D eigenvalue weighted by molar-refractivity contribution is 0.0992. The van der Waals surface area contributed by atoms with E-state index in [9.17, 15) is 9.59 Å². The molecule has 1 saturated heterocycles. The first kappa shape index (κ1) is 23.9. The molecule has 0 spiro atoms. The molecular weight excluding hydrogens is 440 g/mol. The number of halogens is 1. The third-order valence-electron chi connectivity index (χ3n) is 5.13. The van der Waals surface area contributed by atoms with Gasteiger partial charge >= 0.3 is 0 Å². The molecule has 0 bridgehead atoms. The third-order valence-corrected chi connectivity index (χ3v) is 5.35. The fourth-order valence-electron chi connectivity index (χ4n) is 3.23. The van der Waals surface area contributed by atoms with E-state index in [1.54, 1.807) is 54.6 Å². The predicted molar refractivity (Wildman–Crippen MR) is 130 cm³/mol. The second-order valence-corrected chi connectivity index (χ2v) is 7.79. The number of hydrogen-bond acceptors (Lipinski definition) is 5. The number of amides is 1. The fourth-order valence-corrected chi connectivity index (χ4v) is 3.34. The van der Waals surface area contributed by atoms with Gasteiger partial charge in [0.2, 0.25) is 0 Å². The molecule has 1 fully saturated rings. The molecule has 2 aromatic carbocycles. The van der Waals surface area contributed by atoms with Gasteiger partial charge in [-0.1, -0.05) is 49.4 Å². The van der Waals surface area contributed by atoms with Crippen molar-refractivity contribution < 1.29 is 14.3 Å². The largest absolute Gasteiger partial charge is 0.497 e. The Bertz CT molecular complexity index is 1170. The minimum atomic E-state index is -0.399. The van der Waals surface area contributed by atoms with Crippen LogP contribution in [0.5, 0.6) is 5.75 Å². The Morgan fingerprint density at radius 1 is 1.09 bits per heavy atom. The Morgan fingerprint density at radius 3 is 2.39 bits per heavy atom. The van der Waals surface area contributed by atoms with Crippen LogP contribution in [0, 0.1) is 5.41 Å². The van der Waals surface area contributed by atoms with Crippen LogP contribution in [0.2, 0.25) is 5.02 Å². The summed E-state index contributed by atoms with van der Waals surface area (Å²) < 4.78 is 5.25. The molecule has 0 saturated carbocycles. The van der Waals surface area contributed by atoms with Crippen LogP contribution < -0.4 is 10.1 Å². The summed E-state index contributed by atoms with van der Waals surface area (Å²) in [5.41, 5.74) is 2.20. The highest BCUT2D eigenvalue weighted by Crippen LogP contribution is 2.22. The highest BCUT2D eigenvalue weighted by atomic mass is 35.5. The van der Waals surface area contributed by atoms with Crippen LogP contribution in [-0.2, 0) is 6.42 Å². The Morgan fingerprint density at radius 2 is 1.79 bits per heavy atom. The Kier molecular flexibility index (Phi) is 7.45. The molecule has 1 aromatic heterocycles. The molecule has 1 aliphatic rings. The molecule has 2 N–H and O–H groups in total. The van der Waals surface area contributed by atoms with Crippen molar-refractivity contribution in [3.8, 4) is 5.75 Å². The lowest BCUT2D eigenvalue weighted by atomic mass is 9.97. The Balaban J connectivity index is 0.00000306. The van der Waals surface area contributed by atoms with Gasteiger partial charge in [0.15, 0.2) is 5.78 Å². The topological polar surface area (TPSA) is 95.2 Å². The average Bonchev–Trinajstić information content (AvgIpc) is 3.66. The van der Waals surface area contributed by atoms with Crippen LogP contribution in [0.1, 0.15) is 39.3 Å². The first-order valence-electron chi connectivity index (χ1n) is 10.0. The average molecular weight is 465 g/mol. The van der Waals surface area contributed by atoms with Gasteiger partial charge in [0.1, 0.15) is 17.4 Å². The van der Waals surface area contributed by atoms with E-state index in [2.05, 4.69) is 10.3 Å². The number of aromatic nitrogens is 1. The number of carbonyl (C=O) groups is 2. The van der Waals surface area contributed by atoms with Crippen LogP contribution in [0.4, 0.5) is 5.82 Å². The van der Waals surface area contributed by atoms with Gasteiger partial charge in [-0.2, -0.15) is 0 Å². The first-order valence-corrected chi connectivity index (χ1v) is 10.4. The molecule has 0 atom stereocenters. The molecule has 1 aliphatic heterocycles. The predicted octanol–water partition coefficient (Wildman–Crippen LogP) is 4.70. The second kappa shape index (κ2) is 10.3. The summed E-state index contributed by atoms with van der Waals surface area (Å²) in [6, 6.07) is 15.3. The molecule has 170 valence electrons. The van der Waals surface area contributed by atoms with Crippen molar-refractivity contribution in [1.82, 2.24) is 9.88 Å². The van der Waals surface area contributed by atoms with E-state index in [1.807, 2.05) is 4.90 Å². The van der Waals surface area contributed by atoms with Crippen molar-refractivity contribution in [3.05, 3.63) is 88.1 Å². The number of hydrogen-bond donors (Lipinski definition) is 2. The maximum Gasteiger partial charge on any atom is 0.257 e. The monoisotopic (exact) mass is 464 g/mol. The second-order valence-electron chi connectivity index (χ2n) is 7.35. The summed E-state index contributed by atoms with van der Waals surface area (Å²) in [5, 5.41) is 11.3. The van der Waals surface area contributed by atoms with Crippen molar-refractivity contribution >= 4 is 34.9 Å². The molecular formula is C25H25ClN4O3. The van der Waals surface area contributed by atoms with E-state index < -0.39 is 5.91 Å². The first-order chi connectivity index (χ1) is 15.4. The van der Waals surface area contributed by atoms with Crippen molar-refractivity contribution in [3.63, 3.8) is 0 Å². The number of nitrogens with zero attached hydrogens (tertiary/aromatic N) is 2. The zero-order valence-corrected chi connectivity index (χ0v) is 18.1. The quantitative estimate of drug-likeness (QED) is 0.229. The Labute approximate surface area is 197 Å². The number of carbonyl (C=O) groups excluding carboxylic acids is 2. The normalized spacial score (nSPS) is 11.9. The summed E-state index contributed by atoms with van der Waals surface area (Å²) in [6.07, 6.45) is 1.49. The van der Waals surface area contributed by atoms with Gasteiger partial charge in [-0.15, -0.1) is 0 Å². The summed E-state index contributed by atoms with van der Waals surface area (Å²) in [4.78, 5) is 31.8. The number of methoxy groups -OCH3 is 1. The minimum absolute atomic E-state index is 0. The van der Waals surface area contributed by atoms with E-state index in [1.165, 1.54) is 13.3 Å². The standard InChI is InChI=1S/C24H21ClN4O3.CH4/c1-32-19-8-6-17(20(13-19)24(31)28-22-9-7-18(25)14-27-22)12-21(30)15-2-4-16(5-3-15)23(26)29-10-11-29;/h2-9,13-14,26H,10-12H2,1H3,(H,27,28,31);1H4. The smallest absolute Gasteiger partial charge is 0.257 e. The van der Waals surface area contributed by atoms with E-state index >= 15 is 0 Å². The molecule has 33 heavy (non-hydrogen) atoms. The summed E-state index contributed by atoms with van der Waals surface area (Å²) in [6.45, 7) is 1.79. The lowest BCUT2D eigenvalue weighted by Gasteiger charge is -2.12. The maximum absolute atomic E-state index is 12.9. The summed E-state index contributed by atoms with van der Waals surface area (Å²) in [5.74, 6) is 0.800. The van der Waals surface area contributed by atoms with E-state index in [0.29, 0.717) is 39.1 Å². The van der Waals surface area contributed by atoms with Crippen LogP contribution in [0.25, 0.3) is 0 Å². The number of ketones is 1. The number of Topliss-reactive ketones (excluding diaryl/α,β-unsaturated/α-hetero) is 1. The number of benzene rings is 2. The number of pyridine rings is 1. The highest BCUT2D eigenvalue weighted by Gasteiger charge is 2.22. The van der Waals surface area contributed by atoms with Crippen LogP contribution in [-0.4, -0.2) is 47.6 Å². The number of nitrogens with one attached hydrogen (secondary N) is 2. The molecule has 3 aromatic rings. The molecule has 8 heteroatoms. The highest BCUT2D eigenvalue weighted by molar-refractivity contribution is 6.30. The third kappa shape index (κ3) is 5.75. The molecule has 0 unspecified atom stereocenters. The van der Waals surface area contributed by atoms with Gasteiger partial charge in [0.25, 0.3) is 5.91 Å². The zero-order chi connectivity index (χ0) is 22.7. The molecule has 0 radical (unpaired) electrons. The lowest BCUT2D eigenvalue weighted by Crippen LogP contribution is -2.17. The van der Waals surface area contributed by atoms with Gasteiger partial charge < -0.3 is 15.0 Å². The van der Waals surface area contributed by atoms with Gasteiger partial charge in [-0.3, -0.25) is 15.0 Å². The van der Waals surface area contributed by atoms with E-state index in [-0.39, 0.29) is 19.6 Å². The summed E-state index contributed by atoms with van der Waals surface area (Å²) in [7, 11) is 1.51. The molecule has 7 nitrogen and oxygen atoms in total. The van der Waals surface area contributed by atoms with Crippen LogP contribution in [0.3, 0.4) is 0 Å². The van der Waals surface area contributed by atoms with Gasteiger partial charge in [-0.05, 0) is 29.8 Å². The number of amidine groups is 1. The fraction of sp³-hybridized carbons (Fsp3) is 0.200. The zero-order valence-electron chi connectivity index (χ0n) is 17.4. The molecule has 2 heterocycles. The van der Waals surface area contributed by atoms with E-state index in [0.717, 1.165) is 18.7 Å². The maximum atomic E-state index is 12.9. The Hall–Kier alpha value is -3.71. The van der Waals surface area contributed by atoms with Crippen LogP contribution >= 0.6 is 11.6 Å². The number of ether oxygens (including phenoxy) is 1. The number of rotatable bonds is 7. The van der Waals surface area contributed by atoms with Gasteiger partial charge in [0, 0.05) is 42.4 Å². The van der Waals surface area contributed by atoms with E-state index in [4.69, 9.17) is 21.7 Å².